The van der Waals surface area contributed by atoms with Gasteiger partial charge in [-0.3, -0.25) is 4.79 Å². The predicted molar refractivity (Wildman–Crippen MR) is 62.6 cm³/mol. The monoisotopic (exact) mass is 208 g/mol. The van der Waals surface area contributed by atoms with Gasteiger partial charge in [-0.1, -0.05) is 27.2 Å². The molecule has 86 valence electrons. The highest BCUT2D eigenvalue weighted by atomic mass is 16.1. The van der Waals surface area contributed by atoms with E-state index in [-0.39, 0.29) is 0 Å². The van der Waals surface area contributed by atoms with Gasteiger partial charge in [0, 0.05) is 12.3 Å². The molecule has 0 bridgehead atoms. The lowest BCUT2D eigenvalue weighted by atomic mass is 9.62. The Balaban J connectivity index is 2.21. The van der Waals surface area contributed by atoms with E-state index in [2.05, 4.69) is 20.8 Å². The third-order valence-electron chi connectivity index (χ3n) is 5.27. The van der Waals surface area contributed by atoms with Crippen LogP contribution < -0.4 is 0 Å². The van der Waals surface area contributed by atoms with E-state index in [4.69, 9.17) is 0 Å². The molecule has 2 saturated carbocycles. The standard InChI is InChI=1S/C14H24O/c1-4-10(2)11-7-8-12-13(15)6-5-9-14(11,12)3/h10-12H,4-9H2,1-3H3/t10?,11-,12?,14-/m1/s1. The number of carbonyl (C=O) groups excluding carboxylic acids is 1. The number of rotatable bonds is 2. The van der Waals surface area contributed by atoms with Gasteiger partial charge < -0.3 is 0 Å². The van der Waals surface area contributed by atoms with E-state index in [9.17, 15) is 4.79 Å². The lowest BCUT2D eigenvalue weighted by Crippen LogP contribution is -2.39. The molecule has 0 heterocycles. The van der Waals surface area contributed by atoms with E-state index >= 15 is 0 Å². The fourth-order valence-corrected chi connectivity index (χ4v) is 4.19. The minimum atomic E-state index is 0.352. The Hall–Kier alpha value is -0.330. The Morgan fingerprint density at radius 1 is 1.47 bits per heavy atom. The van der Waals surface area contributed by atoms with E-state index in [1.165, 1.54) is 25.7 Å². The van der Waals surface area contributed by atoms with E-state index in [1.807, 2.05) is 0 Å². The number of Topliss-reactive ketones (excluding diaryl/α,β-unsaturated/α-hetero) is 1. The molecule has 4 atom stereocenters. The highest BCUT2D eigenvalue weighted by molar-refractivity contribution is 5.83. The summed E-state index contributed by atoms with van der Waals surface area (Å²) >= 11 is 0. The SMILES string of the molecule is CCC(C)[C@H]1CCC2C(=O)CCC[C@@]21C. The molecule has 0 radical (unpaired) electrons. The first-order valence-electron chi connectivity index (χ1n) is 6.62. The molecule has 0 aromatic heterocycles. The number of carbonyl (C=O) groups is 1. The van der Waals surface area contributed by atoms with Crippen molar-refractivity contribution in [2.45, 2.75) is 59.3 Å². The van der Waals surface area contributed by atoms with Crippen LogP contribution in [-0.4, -0.2) is 5.78 Å². The lowest BCUT2D eigenvalue weighted by molar-refractivity contribution is -0.130. The molecule has 1 heteroatoms. The summed E-state index contributed by atoms with van der Waals surface area (Å²) in [5.41, 5.74) is 0.352. The number of fused-ring (bicyclic) bond motifs is 1. The molecule has 2 aliphatic carbocycles. The number of hydrogen-bond acceptors (Lipinski definition) is 1. The Labute approximate surface area is 93.6 Å². The minimum Gasteiger partial charge on any atom is -0.299 e. The average molecular weight is 208 g/mol. The van der Waals surface area contributed by atoms with Crippen LogP contribution in [0.2, 0.25) is 0 Å². The highest BCUT2D eigenvalue weighted by Crippen LogP contribution is 2.56. The molecule has 0 saturated heterocycles. The van der Waals surface area contributed by atoms with Crippen LogP contribution in [0.5, 0.6) is 0 Å². The molecule has 1 nitrogen and oxygen atoms in total. The summed E-state index contributed by atoms with van der Waals surface area (Å²) in [7, 11) is 0. The Morgan fingerprint density at radius 2 is 2.20 bits per heavy atom. The summed E-state index contributed by atoms with van der Waals surface area (Å²) in [5.74, 6) is 2.57. The van der Waals surface area contributed by atoms with E-state index in [0.717, 1.165) is 24.7 Å². The van der Waals surface area contributed by atoms with Gasteiger partial charge in [-0.15, -0.1) is 0 Å². The van der Waals surface area contributed by atoms with Crippen LogP contribution in [0.25, 0.3) is 0 Å². The molecule has 2 aliphatic rings. The Bertz CT molecular complexity index is 258. The van der Waals surface area contributed by atoms with Gasteiger partial charge in [-0.25, -0.2) is 0 Å². The third-order valence-corrected chi connectivity index (χ3v) is 5.27. The molecular formula is C14H24O. The molecule has 15 heavy (non-hydrogen) atoms. The van der Waals surface area contributed by atoms with Gasteiger partial charge in [0.15, 0.2) is 0 Å². The first-order chi connectivity index (χ1) is 7.09. The second-order valence-corrected chi connectivity index (χ2v) is 5.95. The molecule has 0 spiro atoms. The Morgan fingerprint density at radius 3 is 2.87 bits per heavy atom. The van der Waals surface area contributed by atoms with E-state index in [1.54, 1.807) is 0 Å². The van der Waals surface area contributed by atoms with Crippen molar-refractivity contribution in [3.05, 3.63) is 0 Å². The quantitative estimate of drug-likeness (QED) is 0.674. The molecule has 0 aromatic rings. The van der Waals surface area contributed by atoms with Gasteiger partial charge in [-0.2, -0.15) is 0 Å². The largest absolute Gasteiger partial charge is 0.299 e. The maximum Gasteiger partial charge on any atom is 0.136 e. The predicted octanol–water partition coefficient (Wildman–Crippen LogP) is 3.82. The second kappa shape index (κ2) is 3.92. The number of hydrogen-bond donors (Lipinski definition) is 0. The molecule has 0 aromatic carbocycles. The van der Waals surface area contributed by atoms with Gasteiger partial charge in [0.2, 0.25) is 0 Å². The molecule has 2 unspecified atom stereocenters. The highest BCUT2D eigenvalue weighted by Gasteiger charge is 2.51. The Kier molecular flexibility index (Phi) is 2.92. The second-order valence-electron chi connectivity index (χ2n) is 5.95. The molecule has 2 rings (SSSR count). The van der Waals surface area contributed by atoms with Crippen LogP contribution in [0.1, 0.15) is 59.3 Å². The van der Waals surface area contributed by atoms with Crippen LogP contribution in [0.15, 0.2) is 0 Å². The van der Waals surface area contributed by atoms with Crippen molar-refractivity contribution >= 4 is 5.78 Å². The van der Waals surface area contributed by atoms with Crippen molar-refractivity contribution in [1.29, 1.82) is 0 Å². The van der Waals surface area contributed by atoms with Crippen LogP contribution in [0.4, 0.5) is 0 Å². The zero-order valence-corrected chi connectivity index (χ0v) is 10.4. The van der Waals surface area contributed by atoms with Crippen LogP contribution in [0.3, 0.4) is 0 Å². The molecule has 0 aliphatic heterocycles. The zero-order chi connectivity index (χ0) is 11.1. The maximum atomic E-state index is 11.9. The van der Waals surface area contributed by atoms with Crippen molar-refractivity contribution < 1.29 is 4.79 Å². The third kappa shape index (κ3) is 1.64. The summed E-state index contributed by atoms with van der Waals surface area (Å²) in [6.07, 6.45) is 7.01. The van der Waals surface area contributed by atoms with Crippen molar-refractivity contribution in [3.8, 4) is 0 Å². The smallest absolute Gasteiger partial charge is 0.136 e. The minimum absolute atomic E-state index is 0.352. The lowest BCUT2D eigenvalue weighted by Gasteiger charge is -2.42. The van der Waals surface area contributed by atoms with Crippen molar-refractivity contribution in [2.24, 2.45) is 23.2 Å². The summed E-state index contributed by atoms with van der Waals surface area (Å²) in [5, 5.41) is 0. The van der Waals surface area contributed by atoms with Crippen molar-refractivity contribution in [2.75, 3.05) is 0 Å². The molecule has 2 fully saturated rings. The first kappa shape index (κ1) is 11.2. The topological polar surface area (TPSA) is 17.1 Å². The first-order valence-corrected chi connectivity index (χ1v) is 6.62. The van der Waals surface area contributed by atoms with Crippen LogP contribution in [0, 0.1) is 23.2 Å². The summed E-state index contributed by atoms with van der Waals surface area (Å²) in [6, 6.07) is 0. The van der Waals surface area contributed by atoms with Gasteiger partial charge in [0.25, 0.3) is 0 Å². The van der Waals surface area contributed by atoms with Gasteiger partial charge in [-0.05, 0) is 42.9 Å². The molecule has 0 N–H and O–H groups in total. The normalized spacial score (nSPS) is 42.7. The van der Waals surface area contributed by atoms with Crippen LogP contribution in [-0.2, 0) is 4.79 Å². The van der Waals surface area contributed by atoms with Crippen molar-refractivity contribution in [1.82, 2.24) is 0 Å². The van der Waals surface area contributed by atoms with Gasteiger partial charge >= 0.3 is 0 Å². The van der Waals surface area contributed by atoms with E-state index in [0.29, 0.717) is 17.1 Å². The van der Waals surface area contributed by atoms with Gasteiger partial charge in [0.05, 0.1) is 0 Å². The average Bonchev–Trinajstić information content (AvgIpc) is 2.56. The molecule has 0 amide bonds. The fourth-order valence-electron chi connectivity index (χ4n) is 4.19. The zero-order valence-electron chi connectivity index (χ0n) is 10.4. The van der Waals surface area contributed by atoms with Crippen molar-refractivity contribution in [3.63, 3.8) is 0 Å². The summed E-state index contributed by atoms with van der Waals surface area (Å²) < 4.78 is 0. The van der Waals surface area contributed by atoms with Crippen LogP contribution >= 0.6 is 0 Å². The fraction of sp³-hybridized carbons (Fsp3) is 0.929. The van der Waals surface area contributed by atoms with Gasteiger partial charge in [0.1, 0.15) is 5.78 Å². The number of ketones is 1. The summed E-state index contributed by atoms with van der Waals surface area (Å²) in [6.45, 7) is 7.04. The van der Waals surface area contributed by atoms with E-state index < -0.39 is 0 Å². The molecular weight excluding hydrogens is 184 g/mol. The maximum absolute atomic E-state index is 11.9. The summed E-state index contributed by atoms with van der Waals surface area (Å²) in [4.78, 5) is 11.9.